The van der Waals surface area contributed by atoms with E-state index < -0.39 is 0 Å². The molecule has 0 aliphatic rings. The topological polar surface area (TPSA) is 66.9 Å². The van der Waals surface area contributed by atoms with Gasteiger partial charge >= 0.3 is 0 Å². The van der Waals surface area contributed by atoms with Crippen LogP contribution in [0.25, 0.3) is 0 Å². The van der Waals surface area contributed by atoms with Crippen molar-refractivity contribution >= 4 is 51.2 Å². The highest BCUT2D eigenvalue weighted by atomic mass is 32.2. The number of nitrogens with zero attached hydrogens (tertiary/aromatic N) is 2. The normalized spacial score (nSPS) is 11.9. The van der Waals surface area contributed by atoms with E-state index in [1.54, 1.807) is 11.3 Å². The number of rotatable bonds is 7. The molecule has 1 atom stereocenters. The quantitative estimate of drug-likeness (QED) is 0.576. The first-order valence-corrected chi connectivity index (χ1v) is 10.4. The van der Waals surface area contributed by atoms with Crippen molar-refractivity contribution in [2.24, 2.45) is 0 Å². The molecule has 25 heavy (non-hydrogen) atoms. The van der Waals surface area contributed by atoms with Gasteiger partial charge in [0.25, 0.3) is 0 Å². The van der Waals surface area contributed by atoms with E-state index >= 15 is 0 Å². The second-order valence-corrected chi connectivity index (χ2v) is 8.64. The number of hydrogen-bond donors (Lipinski definition) is 2. The van der Waals surface area contributed by atoms with E-state index in [1.807, 2.05) is 55.6 Å². The summed E-state index contributed by atoms with van der Waals surface area (Å²) in [5.41, 5.74) is 2.16. The summed E-state index contributed by atoms with van der Waals surface area (Å²) in [6.07, 6.45) is 0. The van der Waals surface area contributed by atoms with Crippen LogP contribution in [0.4, 0.5) is 10.8 Å². The molecule has 3 rings (SSSR count). The number of thiophene rings is 1. The van der Waals surface area contributed by atoms with E-state index in [9.17, 15) is 4.79 Å². The molecule has 3 aromatic rings. The summed E-state index contributed by atoms with van der Waals surface area (Å²) in [5.74, 6) is 0.323. The summed E-state index contributed by atoms with van der Waals surface area (Å²) in [5, 5.41) is 17.2. The van der Waals surface area contributed by atoms with Crippen LogP contribution in [0.1, 0.15) is 23.4 Å². The van der Waals surface area contributed by atoms with Crippen LogP contribution in [-0.2, 0) is 4.79 Å². The third-order valence-corrected chi connectivity index (χ3v) is 6.38. The van der Waals surface area contributed by atoms with E-state index in [0.29, 0.717) is 5.75 Å². The van der Waals surface area contributed by atoms with Gasteiger partial charge in [0.15, 0.2) is 4.34 Å². The van der Waals surface area contributed by atoms with Gasteiger partial charge in [0.1, 0.15) is 0 Å². The zero-order valence-electron chi connectivity index (χ0n) is 13.9. The number of benzene rings is 1. The molecule has 0 unspecified atom stereocenters. The number of carbonyl (C=O) groups excluding carboxylic acids is 1. The Morgan fingerprint density at radius 1 is 1.28 bits per heavy atom. The molecule has 0 radical (unpaired) electrons. The Balaban J connectivity index is 1.49. The van der Waals surface area contributed by atoms with Crippen molar-refractivity contribution in [3.8, 4) is 0 Å². The summed E-state index contributed by atoms with van der Waals surface area (Å²) in [7, 11) is 0. The predicted octanol–water partition coefficient (Wildman–Crippen LogP) is 4.62. The fraction of sp³-hybridized carbons (Fsp3) is 0.235. The smallest absolute Gasteiger partial charge is 0.230 e. The SMILES string of the molecule is Cc1cccc(Nc2nnc(SCC(=O)N[C@H](C)c3cccs3)s2)c1. The zero-order chi connectivity index (χ0) is 17.6. The first-order valence-electron chi connectivity index (χ1n) is 7.73. The van der Waals surface area contributed by atoms with Gasteiger partial charge in [-0.15, -0.1) is 21.5 Å². The van der Waals surface area contributed by atoms with E-state index in [1.165, 1.54) is 28.7 Å². The molecule has 0 spiro atoms. The predicted molar refractivity (Wildman–Crippen MR) is 106 cm³/mol. The van der Waals surface area contributed by atoms with Crippen LogP contribution in [0.5, 0.6) is 0 Å². The number of anilines is 2. The molecule has 1 amide bonds. The Hall–Kier alpha value is -1.90. The second-order valence-electron chi connectivity index (χ2n) is 5.46. The number of aryl methyl sites for hydroxylation is 1. The van der Waals surface area contributed by atoms with E-state index in [0.717, 1.165) is 20.0 Å². The van der Waals surface area contributed by atoms with Crippen LogP contribution in [0.3, 0.4) is 0 Å². The molecule has 0 saturated heterocycles. The van der Waals surface area contributed by atoms with Crippen LogP contribution >= 0.6 is 34.4 Å². The maximum absolute atomic E-state index is 12.1. The van der Waals surface area contributed by atoms with Crippen molar-refractivity contribution < 1.29 is 4.79 Å². The summed E-state index contributed by atoms with van der Waals surface area (Å²) in [6.45, 7) is 4.03. The average molecular weight is 391 g/mol. The summed E-state index contributed by atoms with van der Waals surface area (Å²) in [4.78, 5) is 13.2. The maximum Gasteiger partial charge on any atom is 0.230 e. The highest BCUT2D eigenvalue weighted by Gasteiger charge is 2.12. The van der Waals surface area contributed by atoms with Gasteiger partial charge in [0.2, 0.25) is 11.0 Å². The summed E-state index contributed by atoms with van der Waals surface area (Å²) < 4.78 is 0.772. The third-order valence-electron chi connectivity index (χ3n) is 3.35. The molecule has 2 N–H and O–H groups in total. The van der Waals surface area contributed by atoms with Gasteiger partial charge in [0.05, 0.1) is 11.8 Å². The van der Waals surface area contributed by atoms with Crippen molar-refractivity contribution in [1.29, 1.82) is 0 Å². The lowest BCUT2D eigenvalue weighted by Crippen LogP contribution is -2.27. The Labute approximate surface area is 158 Å². The lowest BCUT2D eigenvalue weighted by Gasteiger charge is -2.11. The third kappa shape index (κ3) is 5.29. The van der Waals surface area contributed by atoms with Gasteiger partial charge < -0.3 is 10.6 Å². The number of amides is 1. The maximum atomic E-state index is 12.1. The van der Waals surface area contributed by atoms with Crippen molar-refractivity contribution in [3.63, 3.8) is 0 Å². The molecule has 5 nitrogen and oxygen atoms in total. The van der Waals surface area contributed by atoms with Gasteiger partial charge in [-0.3, -0.25) is 4.79 Å². The Morgan fingerprint density at radius 3 is 2.92 bits per heavy atom. The molecule has 8 heteroatoms. The molecule has 2 heterocycles. The summed E-state index contributed by atoms with van der Waals surface area (Å²) in [6, 6.07) is 12.1. The van der Waals surface area contributed by atoms with E-state index in [4.69, 9.17) is 0 Å². The van der Waals surface area contributed by atoms with Gasteiger partial charge in [0, 0.05) is 10.6 Å². The van der Waals surface area contributed by atoms with Gasteiger partial charge in [-0.05, 0) is 43.0 Å². The first-order chi connectivity index (χ1) is 12.1. The van der Waals surface area contributed by atoms with Crippen molar-refractivity contribution in [2.75, 3.05) is 11.1 Å². The highest BCUT2D eigenvalue weighted by molar-refractivity contribution is 8.01. The second kappa shape index (κ2) is 8.46. The first kappa shape index (κ1) is 17.9. The van der Waals surface area contributed by atoms with Gasteiger partial charge in [-0.1, -0.05) is 41.3 Å². The minimum absolute atomic E-state index is 0.00528. The van der Waals surface area contributed by atoms with Crippen molar-refractivity contribution in [3.05, 3.63) is 52.2 Å². The van der Waals surface area contributed by atoms with Crippen LogP contribution in [0, 0.1) is 6.92 Å². The van der Waals surface area contributed by atoms with Crippen molar-refractivity contribution in [1.82, 2.24) is 15.5 Å². The fourth-order valence-corrected chi connectivity index (χ4v) is 4.50. The highest BCUT2D eigenvalue weighted by Crippen LogP contribution is 2.28. The number of thioether (sulfide) groups is 1. The molecule has 0 bridgehead atoms. The van der Waals surface area contributed by atoms with Crippen LogP contribution in [-0.4, -0.2) is 21.9 Å². The molecular weight excluding hydrogens is 372 g/mol. The molecule has 0 fully saturated rings. The van der Waals surface area contributed by atoms with Gasteiger partial charge in [-0.25, -0.2) is 0 Å². The van der Waals surface area contributed by atoms with Gasteiger partial charge in [-0.2, -0.15) is 0 Å². The Bertz CT molecular complexity index is 832. The largest absolute Gasteiger partial charge is 0.348 e. The van der Waals surface area contributed by atoms with Crippen LogP contribution < -0.4 is 10.6 Å². The number of carbonyl (C=O) groups is 1. The number of nitrogens with one attached hydrogen (secondary N) is 2. The van der Waals surface area contributed by atoms with Crippen molar-refractivity contribution in [2.45, 2.75) is 24.2 Å². The number of hydrogen-bond acceptors (Lipinski definition) is 7. The lowest BCUT2D eigenvalue weighted by atomic mass is 10.2. The molecule has 1 aromatic carbocycles. The average Bonchev–Trinajstić information content (AvgIpc) is 3.25. The Morgan fingerprint density at radius 2 is 2.16 bits per heavy atom. The minimum Gasteiger partial charge on any atom is -0.348 e. The van der Waals surface area contributed by atoms with E-state index in [2.05, 4.69) is 20.8 Å². The van der Waals surface area contributed by atoms with Crippen LogP contribution in [0.2, 0.25) is 0 Å². The molecule has 130 valence electrons. The van der Waals surface area contributed by atoms with Crippen LogP contribution in [0.15, 0.2) is 46.1 Å². The molecule has 0 aliphatic heterocycles. The zero-order valence-corrected chi connectivity index (χ0v) is 16.3. The van der Waals surface area contributed by atoms with E-state index in [-0.39, 0.29) is 11.9 Å². The molecule has 2 aromatic heterocycles. The number of aromatic nitrogens is 2. The summed E-state index contributed by atoms with van der Waals surface area (Å²) >= 11 is 4.49. The standard InChI is InChI=1S/C17H18N4OS3/c1-11-5-3-6-13(9-11)19-16-20-21-17(25-16)24-10-15(22)18-12(2)14-7-4-8-23-14/h3-9,12H,10H2,1-2H3,(H,18,22)(H,19,20)/t12-/m1/s1. The molecule has 0 saturated carbocycles. The Kier molecular flexibility index (Phi) is 6.06. The molecule has 0 aliphatic carbocycles. The monoisotopic (exact) mass is 390 g/mol. The lowest BCUT2D eigenvalue weighted by molar-refractivity contribution is -0.119. The molecular formula is C17H18N4OS3. The minimum atomic E-state index is -0.00528. The fourth-order valence-electron chi connectivity index (χ4n) is 2.18.